The molecule has 0 aliphatic rings. The highest BCUT2D eigenvalue weighted by Gasteiger charge is 2.22. The molecule has 27 heavy (non-hydrogen) atoms. The van der Waals surface area contributed by atoms with Crippen LogP contribution in [0.15, 0.2) is 60.7 Å². The first kappa shape index (κ1) is 18.2. The number of aryl methyl sites for hydroxylation is 2. The van der Waals surface area contributed by atoms with Gasteiger partial charge in [0.05, 0.1) is 11.1 Å². The standard InChI is InChI=1S/C22H19N3O2/c1-25(14-23)22(27)20-17(7-4-8-19(20)21(24)26)12-10-15-9-11-16-5-2-3-6-18(16)13-15/h2-9,11,13H,10,12H2,1H3,(H2,24,26). The Morgan fingerprint density at radius 3 is 2.44 bits per heavy atom. The van der Waals surface area contributed by atoms with Gasteiger partial charge < -0.3 is 5.73 Å². The number of fused-ring (bicyclic) bond motifs is 1. The highest BCUT2D eigenvalue weighted by atomic mass is 16.2. The van der Waals surface area contributed by atoms with E-state index in [1.54, 1.807) is 18.3 Å². The summed E-state index contributed by atoms with van der Waals surface area (Å²) in [5, 5.41) is 11.4. The van der Waals surface area contributed by atoms with E-state index in [9.17, 15) is 9.59 Å². The van der Waals surface area contributed by atoms with E-state index in [1.165, 1.54) is 18.5 Å². The van der Waals surface area contributed by atoms with Crippen molar-refractivity contribution >= 4 is 22.6 Å². The Morgan fingerprint density at radius 2 is 1.74 bits per heavy atom. The summed E-state index contributed by atoms with van der Waals surface area (Å²) in [5.74, 6) is -1.21. The summed E-state index contributed by atoms with van der Waals surface area (Å²) in [6.07, 6.45) is 3.04. The molecule has 0 aliphatic carbocycles. The molecule has 0 aliphatic heterocycles. The monoisotopic (exact) mass is 357 g/mol. The maximum atomic E-state index is 12.6. The van der Waals surface area contributed by atoms with Crippen LogP contribution < -0.4 is 5.73 Å². The number of nitriles is 1. The van der Waals surface area contributed by atoms with E-state index in [2.05, 4.69) is 30.3 Å². The number of carbonyl (C=O) groups is 2. The number of nitrogens with zero attached hydrogens (tertiary/aromatic N) is 2. The summed E-state index contributed by atoms with van der Waals surface area (Å²) in [6, 6.07) is 19.4. The number of hydrogen-bond acceptors (Lipinski definition) is 3. The normalized spacial score (nSPS) is 10.4. The van der Waals surface area contributed by atoms with Crippen molar-refractivity contribution in [2.24, 2.45) is 5.73 Å². The van der Waals surface area contributed by atoms with Crippen LogP contribution in [0.1, 0.15) is 31.8 Å². The molecule has 3 aromatic carbocycles. The third kappa shape index (κ3) is 3.80. The number of amides is 2. The van der Waals surface area contributed by atoms with E-state index >= 15 is 0 Å². The molecule has 5 nitrogen and oxygen atoms in total. The van der Waals surface area contributed by atoms with Crippen LogP contribution in [0.3, 0.4) is 0 Å². The van der Waals surface area contributed by atoms with Crippen LogP contribution in [0.5, 0.6) is 0 Å². The molecule has 134 valence electrons. The molecule has 0 heterocycles. The minimum absolute atomic E-state index is 0.137. The molecule has 3 aromatic rings. The minimum atomic E-state index is -0.683. The van der Waals surface area contributed by atoms with Crippen LogP contribution in [0.4, 0.5) is 0 Å². The summed E-state index contributed by atoms with van der Waals surface area (Å²) in [5.41, 5.74) is 7.61. The lowest BCUT2D eigenvalue weighted by atomic mass is 9.94. The molecule has 2 amide bonds. The van der Waals surface area contributed by atoms with Gasteiger partial charge in [0, 0.05) is 7.05 Å². The van der Waals surface area contributed by atoms with Crippen molar-refractivity contribution in [1.29, 1.82) is 5.26 Å². The smallest absolute Gasteiger partial charge is 0.267 e. The summed E-state index contributed by atoms with van der Waals surface area (Å²) in [4.78, 5) is 25.3. The van der Waals surface area contributed by atoms with Crippen molar-refractivity contribution in [2.75, 3.05) is 7.05 Å². The molecule has 0 saturated carbocycles. The number of rotatable bonds is 5. The fourth-order valence-electron chi connectivity index (χ4n) is 3.15. The Bertz CT molecular complexity index is 1070. The predicted octanol–water partition coefficient (Wildman–Crippen LogP) is 3.28. The number of hydrogen-bond donors (Lipinski definition) is 1. The lowest BCUT2D eigenvalue weighted by Crippen LogP contribution is -2.27. The van der Waals surface area contributed by atoms with Crippen molar-refractivity contribution < 1.29 is 9.59 Å². The van der Waals surface area contributed by atoms with E-state index in [0.717, 1.165) is 15.8 Å². The molecule has 0 unspecified atom stereocenters. The van der Waals surface area contributed by atoms with E-state index in [-0.39, 0.29) is 11.1 Å². The molecule has 0 spiro atoms. The molecular formula is C22H19N3O2. The van der Waals surface area contributed by atoms with Crippen molar-refractivity contribution in [3.8, 4) is 6.19 Å². The summed E-state index contributed by atoms with van der Waals surface area (Å²) in [6.45, 7) is 0. The second-order valence-corrected chi connectivity index (χ2v) is 6.35. The highest BCUT2D eigenvalue weighted by Crippen LogP contribution is 2.21. The summed E-state index contributed by atoms with van der Waals surface area (Å²) >= 11 is 0. The molecule has 0 atom stereocenters. The van der Waals surface area contributed by atoms with Gasteiger partial charge in [-0.3, -0.25) is 9.59 Å². The van der Waals surface area contributed by atoms with E-state index in [4.69, 9.17) is 11.0 Å². The predicted molar refractivity (Wildman–Crippen MR) is 104 cm³/mol. The zero-order valence-electron chi connectivity index (χ0n) is 15.0. The number of primary amides is 1. The van der Waals surface area contributed by atoms with Gasteiger partial charge in [-0.2, -0.15) is 5.26 Å². The largest absolute Gasteiger partial charge is 0.366 e. The first-order chi connectivity index (χ1) is 13.0. The van der Waals surface area contributed by atoms with Crippen LogP contribution >= 0.6 is 0 Å². The van der Waals surface area contributed by atoms with Gasteiger partial charge >= 0.3 is 0 Å². The zero-order chi connectivity index (χ0) is 19.4. The van der Waals surface area contributed by atoms with Gasteiger partial charge in [0.15, 0.2) is 6.19 Å². The summed E-state index contributed by atoms with van der Waals surface area (Å²) < 4.78 is 0. The lowest BCUT2D eigenvalue weighted by molar-refractivity contribution is 0.0849. The van der Waals surface area contributed by atoms with Crippen molar-refractivity contribution in [3.05, 3.63) is 82.9 Å². The van der Waals surface area contributed by atoms with Crippen molar-refractivity contribution in [3.63, 3.8) is 0 Å². The van der Waals surface area contributed by atoms with Gasteiger partial charge in [-0.25, -0.2) is 4.90 Å². The van der Waals surface area contributed by atoms with Gasteiger partial charge in [-0.1, -0.05) is 54.6 Å². The van der Waals surface area contributed by atoms with Gasteiger partial charge in [0.25, 0.3) is 5.91 Å². The first-order valence-corrected chi connectivity index (χ1v) is 8.58. The highest BCUT2D eigenvalue weighted by molar-refractivity contribution is 6.08. The van der Waals surface area contributed by atoms with Crippen LogP contribution in [0, 0.1) is 11.5 Å². The molecule has 0 radical (unpaired) electrons. The topological polar surface area (TPSA) is 87.2 Å². The van der Waals surface area contributed by atoms with E-state index in [0.29, 0.717) is 18.4 Å². The van der Waals surface area contributed by atoms with Gasteiger partial charge in [0.2, 0.25) is 5.91 Å². The van der Waals surface area contributed by atoms with Crippen molar-refractivity contribution in [2.45, 2.75) is 12.8 Å². The maximum absolute atomic E-state index is 12.6. The van der Waals surface area contributed by atoms with E-state index < -0.39 is 11.8 Å². The Hall–Kier alpha value is -3.65. The van der Waals surface area contributed by atoms with Crippen LogP contribution in [0.25, 0.3) is 10.8 Å². The number of nitrogens with two attached hydrogens (primary N) is 1. The van der Waals surface area contributed by atoms with Gasteiger partial charge in [-0.05, 0) is 40.8 Å². The quantitative estimate of drug-likeness (QED) is 0.561. The van der Waals surface area contributed by atoms with Gasteiger partial charge in [0.1, 0.15) is 0 Å². The van der Waals surface area contributed by atoms with Crippen LogP contribution in [-0.2, 0) is 12.8 Å². The fourth-order valence-corrected chi connectivity index (χ4v) is 3.15. The molecule has 0 aromatic heterocycles. The zero-order valence-corrected chi connectivity index (χ0v) is 15.0. The minimum Gasteiger partial charge on any atom is -0.366 e. The fraction of sp³-hybridized carbons (Fsp3) is 0.136. The molecule has 0 saturated heterocycles. The average Bonchev–Trinajstić information content (AvgIpc) is 2.70. The third-order valence-electron chi connectivity index (χ3n) is 4.58. The Balaban J connectivity index is 1.93. The molecular weight excluding hydrogens is 338 g/mol. The SMILES string of the molecule is CN(C#N)C(=O)c1c(CCc2ccc3ccccc3c2)cccc1C(N)=O. The molecule has 2 N–H and O–H groups in total. The van der Waals surface area contributed by atoms with Crippen LogP contribution in [-0.4, -0.2) is 23.8 Å². The molecule has 0 fully saturated rings. The molecule has 5 heteroatoms. The van der Waals surface area contributed by atoms with Crippen LogP contribution in [0.2, 0.25) is 0 Å². The van der Waals surface area contributed by atoms with E-state index in [1.807, 2.05) is 12.1 Å². The number of benzene rings is 3. The van der Waals surface area contributed by atoms with Gasteiger partial charge in [-0.15, -0.1) is 0 Å². The van der Waals surface area contributed by atoms with Crippen molar-refractivity contribution in [1.82, 2.24) is 4.90 Å². The average molecular weight is 357 g/mol. The maximum Gasteiger partial charge on any atom is 0.267 e. The lowest BCUT2D eigenvalue weighted by Gasteiger charge is -2.15. The Labute approximate surface area is 157 Å². The second-order valence-electron chi connectivity index (χ2n) is 6.35. The number of carbonyl (C=O) groups excluding carboxylic acids is 2. The summed E-state index contributed by atoms with van der Waals surface area (Å²) in [7, 11) is 1.37. The Morgan fingerprint density at radius 1 is 1.00 bits per heavy atom. The molecule has 3 rings (SSSR count). The first-order valence-electron chi connectivity index (χ1n) is 8.58. The third-order valence-corrected chi connectivity index (χ3v) is 4.58. The Kier molecular flexibility index (Phi) is 5.18. The second kappa shape index (κ2) is 7.71. The molecule has 0 bridgehead atoms.